The van der Waals surface area contributed by atoms with E-state index in [4.69, 9.17) is 4.84 Å². The monoisotopic (exact) mass is 834 g/mol. The summed E-state index contributed by atoms with van der Waals surface area (Å²) in [5.74, 6) is -0.874. The zero-order valence-electron chi connectivity index (χ0n) is 28.9. The van der Waals surface area contributed by atoms with E-state index in [9.17, 15) is 19.2 Å². The van der Waals surface area contributed by atoms with Gasteiger partial charge in [0.2, 0.25) is 16.6 Å². The molecule has 266 valence electrons. The van der Waals surface area contributed by atoms with Gasteiger partial charge in [-0.25, -0.2) is 15.0 Å². The van der Waals surface area contributed by atoms with Gasteiger partial charge in [0.1, 0.15) is 20.5 Å². The molecule has 0 spiro atoms. The first-order valence-electron chi connectivity index (χ1n) is 16.3. The molecule has 0 bridgehead atoms. The molecule has 1 amide bonds. The molecule has 0 N–H and O–H groups in total. The van der Waals surface area contributed by atoms with Gasteiger partial charge in [0, 0.05) is 36.4 Å². The number of amides is 1. The summed E-state index contributed by atoms with van der Waals surface area (Å²) < 4.78 is 5.19. The Balaban J connectivity index is 0.000000183. The summed E-state index contributed by atoms with van der Waals surface area (Å²) in [5.41, 5.74) is 3.87. The predicted octanol–water partition coefficient (Wildman–Crippen LogP) is 6.98. The van der Waals surface area contributed by atoms with Gasteiger partial charge in [0.05, 0.1) is 48.2 Å². The average Bonchev–Trinajstić information content (AvgIpc) is 3.17. The molecular weight excluding hydrogens is 804 g/mol. The summed E-state index contributed by atoms with van der Waals surface area (Å²) in [5, 5.41) is 2.01. The van der Waals surface area contributed by atoms with Crippen molar-refractivity contribution >= 4 is 65.4 Å². The smallest absolute Gasteiger partial charge is 0.282 e. The highest BCUT2D eigenvalue weighted by Crippen LogP contribution is 2.18. The minimum Gasteiger partial charge on any atom is -0.340 e. The van der Waals surface area contributed by atoms with Crippen LogP contribution in [0.2, 0.25) is 0 Å². The minimum atomic E-state index is -0.491. The summed E-state index contributed by atoms with van der Waals surface area (Å²) in [4.78, 5) is 69.1. The van der Waals surface area contributed by atoms with Crippen LogP contribution in [0, 0.1) is 6.92 Å². The molecule has 0 saturated heterocycles. The number of hydroxylamine groups is 2. The number of hydrogen-bond acceptors (Lipinski definition) is 8. The van der Waals surface area contributed by atoms with Crippen LogP contribution in [0.25, 0.3) is 21.8 Å². The van der Waals surface area contributed by atoms with Crippen LogP contribution >= 0.6 is 31.9 Å². The summed E-state index contributed by atoms with van der Waals surface area (Å²) in [6.45, 7) is 2.76. The van der Waals surface area contributed by atoms with Crippen molar-refractivity contribution in [3.63, 3.8) is 0 Å². The molecule has 0 unspecified atom stereocenters. The number of benzene rings is 2. The van der Waals surface area contributed by atoms with E-state index < -0.39 is 5.91 Å². The normalized spacial score (nSPS) is 10.9. The van der Waals surface area contributed by atoms with E-state index in [2.05, 4.69) is 46.8 Å². The number of ketones is 1. The average molecular weight is 837 g/mol. The van der Waals surface area contributed by atoms with Crippen molar-refractivity contribution in [2.24, 2.45) is 0 Å². The lowest BCUT2D eigenvalue weighted by atomic mass is 10.1. The van der Waals surface area contributed by atoms with Gasteiger partial charge in [-0.3, -0.25) is 29.0 Å². The molecule has 53 heavy (non-hydrogen) atoms. The number of aromatic nitrogens is 5. The van der Waals surface area contributed by atoms with Crippen LogP contribution in [-0.2, 0) is 17.9 Å². The number of pyridine rings is 5. The molecule has 0 fully saturated rings. The van der Waals surface area contributed by atoms with Gasteiger partial charge >= 0.3 is 0 Å². The second-order valence-corrected chi connectivity index (χ2v) is 13.6. The number of aryl methyl sites for hydroxylation is 1. The maximum Gasteiger partial charge on any atom is 0.282 e. The molecule has 0 atom stereocenters. The topological polar surface area (TPSA) is 129 Å². The number of para-hydroxylation sites is 2. The van der Waals surface area contributed by atoms with E-state index in [0.717, 1.165) is 42.3 Å². The molecule has 0 saturated carbocycles. The van der Waals surface area contributed by atoms with Crippen LogP contribution < -0.4 is 10.9 Å². The lowest BCUT2D eigenvalue weighted by Gasteiger charge is -2.16. The number of hydrogen-bond donors (Lipinski definition) is 0. The number of carbonyl (C=O) groups is 2. The van der Waals surface area contributed by atoms with E-state index in [1.807, 2.05) is 82.8 Å². The van der Waals surface area contributed by atoms with Gasteiger partial charge in [-0.1, -0.05) is 42.5 Å². The number of carbonyl (C=O) groups excluding carboxylic acids is 2. The van der Waals surface area contributed by atoms with Crippen molar-refractivity contribution in [3.8, 4) is 0 Å². The lowest BCUT2D eigenvalue weighted by Crippen LogP contribution is -2.31. The van der Waals surface area contributed by atoms with Crippen LogP contribution in [0.5, 0.6) is 0 Å². The van der Waals surface area contributed by atoms with Crippen LogP contribution in [-0.4, -0.2) is 55.0 Å². The molecule has 0 radical (unpaired) electrons. The van der Waals surface area contributed by atoms with Gasteiger partial charge < -0.3 is 9.13 Å². The standard InChI is InChI=1S/C22H16BrN3O2.C18H16BrN3O3/c1-14-9-10-18(24-11-14)22(28)17-13-26(12-15-5-4-8-20(23)25-15)19-7-3-2-6-16(19)21(17)27;1-21(25-2)18(24)14-11-22(10-12-6-5-9-16(19)20-12)15-8-4-3-7-13(15)17(14)23/h2-11,13H,12H2,1H3;3-9,11H,10H2,1-2H3. The van der Waals surface area contributed by atoms with Crippen molar-refractivity contribution in [1.82, 2.24) is 29.1 Å². The van der Waals surface area contributed by atoms with E-state index in [-0.39, 0.29) is 33.5 Å². The Labute approximate surface area is 320 Å². The van der Waals surface area contributed by atoms with Crippen molar-refractivity contribution in [1.29, 1.82) is 0 Å². The van der Waals surface area contributed by atoms with Gasteiger partial charge in [0.25, 0.3) is 5.91 Å². The molecule has 5 aromatic heterocycles. The van der Waals surface area contributed by atoms with Crippen LogP contribution in [0.3, 0.4) is 0 Å². The van der Waals surface area contributed by atoms with E-state index in [1.165, 1.54) is 14.2 Å². The van der Waals surface area contributed by atoms with Crippen LogP contribution in [0.4, 0.5) is 0 Å². The molecule has 11 nitrogen and oxygen atoms in total. The Morgan fingerprint density at radius 1 is 0.698 bits per heavy atom. The molecule has 13 heteroatoms. The highest BCUT2D eigenvalue weighted by molar-refractivity contribution is 9.10. The number of rotatable bonds is 8. The Morgan fingerprint density at radius 3 is 1.70 bits per heavy atom. The molecule has 0 aliphatic heterocycles. The lowest BCUT2D eigenvalue weighted by molar-refractivity contribution is -0.0758. The Hall–Kier alpha value is -5.63. The molecule has 0 aliphatic rings. The third-order valence-corrected chi connectivity index (χ3v) is 9.25. The first kappa shape index (κ1) is 37.1. The van der Waals surface area contributed by atoms with Gasteiger partial charge in [-0.05, 0) is 98.9 Å². The Bertz CT molecular complexity index is 2610. The quantitative estimate of drug-likeness (QED) is 0.0912. The second-order valence-electron chi connectivity index (χ2n) is 12.0. The van der Waals surface area contributed by atoms with E-state index >= 15 is 0 Å². The fourth-order valence-electron chi connectivity index (χ4n) is 5.68. The molecule has 2 aromatic carbocycles. The van der Waals surface area contributed by atoms with Crippen LogP contribution in [0.15, 0.2) is 134 Å². The first-order valence-corrected chi connectivity index (χ1v) is 17.9. The van der Waals surface area contributed by atoms with Gasteiger partial charge in [-0.15, -0.1) is 0 Å². The van der Waals surface area contributed by atoms with E-state index in [0.29, 0.717) is 23.9 Å². The predicted molar refractivity (Wildman–Crippen MR) is 210 cm³/mol. The molecular formula is C40H32Br2N6O5. The van der Waals surface area contributed by atoms with Crippen LogP contribution in [0.1, 0.15) is 43.4 Å². The van der Waals surface area contributed by atoms with Crippen molar-refractivity contribution < 1.29 is 14.4 Å². The maximum absolute atomic E-state index is 13.0. The first-order chi connectivity index (χ1) is 25.5. The number of nitrogens with zero attached hydrogens (tertiary/aromatic N) is 6. The highest BCUT2D eigenvalue weighted by Gasteiger charge is 2.20. The third kappa shape index (κ3) is 8.38. The zero-order chi connectivity index (χ0) is 37.6. The summed E-state index contributed by atoms with van der Waals surface area (Å²) in [6, 6.07) is 29.2. The summed E-state index contributed by atoms with van der Waals surface area (Å²) in [6.07, 6.45) is 4.79. The number of fused-ring (bicyclic) bond motifs is 2. The maximum atomic E-state index is 13.0. The largest absolute Gasteiger partial charge is 0.340 e. The Morgan fingerprint density at radius 2 is 1.21 bits per heavy atom. The third-order valence-electron chi connectivity index (χ3n) is 8.36. The summed E-state index contributed by atoms with van der Waals surface area (Å²) >= 11 is 6.73. The fraction of sp³-hybridized carbons (Fsp3) is 0.125. The summed E-state index contributed by atoms with van der Waals surface area (Å²) in [7, 11) is 2.85. The molecule has 7 aromatic rings. The zero-order valence-corrected chi connectivity index (χ0v) is 32.0. The Kier molecular flexibility index (Phi) is 11.5. The van der Waals surface area contributed by atoms with Gasteiger partial charge in [-0.2, -0.15) is 0 Å². The highest BCUT2D eigenvalue weighted by atomic mass is 79.9. The molecule has 7 rings (SSSR count). The number of halogens is 2. The second kappa shape index (κ2) is 16.4. The fourth-order valence-corrected chi connectivity index (χ4v) is 6.45. The SMILES string of the molecule is CON(C)C(=O)c1cn(Cc2cccc(Br)n2)c2ccccc2c1=O.Cc1ccc(C(=O)c2cn(Cc3cccc(Br)n3)c3ccccc3c2=O)nc1. The molecule has 5 heterocycles. The minimum absolute atomic E-state index is 0.0537. The van der Waals surface area contributed by atoms with Crippen molar-refractivity contribution in [2.45, 2.75) is 20.0 Å². The van der Waals surface area contributed by atoms with Crippen molar-refractivity contribution in [3.05, 3.63) is 179 Å². The van der Waals surface area contributed by atoms with Gasteiger partial charge in [0.15, 0.2) is 0 Å². The molecule has 0 aliphatic carbocycles. The van der Waals surface area contributed by atoms with E-state index in [1.54, 1.807) is 48.9 Å². The van der Waals surface area contributed by atoms with Crippen molar-refractivity contribution in [2.75, 3.05) is 14.2 Å².